The highest BCUT2D eigenvalue weighted by Gasteiger charge is 2.19. The number of nitrogens with two attached hydrogens (primary N) is 1. The van der Waals surface area contributed by atoms with Crippen molar-refractivity contribution in [2.24, 2.45) is 5.84 Å². The number of carbonyl (C=O) groups excluding carboxylic acids is 1. The summed E-state index contributed by atoms with van der Waals surface area (Å²) in [4.78, 5) is 11.6. The molecule has 1 amide bonds. The van der Waals surface area contributed by atoms with Crippen LogP contribution in [0, 0.1) is 13.8 Å². The van der Waals surface area contributed by atoms with Crippen LogP contribution in [0.5, 0.6) is 5.75 Å². The van der Waals surface area contributed by atoms with Crippen LogP contribution in [0.15, 0.2) is 18.2 Å². The second kappa shape index (κ2) is 6.25. The van der Waals surface area contributed by atoms with Gasteiger partial charge in [0.15, 0.2) is 6.10 Å². The van der Waals surface area contributed by atoms with Crippen molar-refractivity contribution in [2.45, 2.75) is 39.7 Å². The monoisotopic (exact) mass is 236 g/mol. The number of hydrogen-bond donors (Lipinski definition) is 2. The van der Waals surface area contributed by atoms with Crippen molar-refractivity contribution in [3.8, 4) is 5.75 Å². The number of benzene rings is 1. The van der Waals surface area contributed by atoms with Crippen LogP contribution in [0.2, 0.25) is 0 Å². The summed E-state index contributed by atoms with van der Waals surface area (Å²) in [6.45, 7) is 5.93. The lowest BCUT2D eigenvalue weighted by atomic mass is 10.1. The van der Waals surface area contributed by atoms with Crippen LogP contribution in [0.4, 0.5) is 0 Å². The van der Waals surface area contributed by atoms with Gasteiger partial charge in [-0.15, -0.1) is 0 Å². The fourth-order valence-corrected chi connectivity index (χ4v) is 1.73. The van der Waals surface area contributed by atoms with Gasteiger partial charge in [-0.05, 0) is 31.4 Å². The van der Waals surface area contributed by atoms with Crippen molar-refractivity contribution in [2.75, 3.05) is 0 Å². The fraction of sp³-hybridized carbons (Fsp3) is 0.462. The summed E-state index contributed by atoms with van der Waals surface area (Å²) < 4.78 is 5.78. The first-order valence-corrected chi connectivity index (χ1v) is 5.83. The molecule has 94 valence electrons. The summed E-state index contributed by atoms with van der Waals surface area (Å²) in [6, 6.07) is 5.90. The predicted octanol–water partition coefficient (Wildman–Crippen LogP) is 1.84. The van der Waals surface area contributed by atoms with Crippen LogP contribution in [0.3, 0.4) is 0 Å². The second-order valence-corrected chi connectivity index (χ2v) is 4.12. The molecule has 0 saturated carbocycles. The summed E-state index contributed by atoms with van der Waals surface area (Å²) in [7, 11) is 0. The lowest BCUT2D eigenvalue weighted by Crippen LogP contribution is -2.42. The number of hydrogen-bond acceptors (Lipinski definition) is 3. The van der Waals surface area contributed by atoms with Crippen LogP contribution >= 0.6 is 0 Å². The van der Waals surface area contributed by atoms with Crippen molar-refractivity contribution in [3.05, 3.63) is 29.3 Å². The van der Waals surface area contributed by atoms with E-state index >= 15 is 0 Å². The van der Waals surface area contributed by atoms with Gasteiger partial charge in [0.1, 0.15) is 5.75 Å². The van der Waals surface area contributed by atoms with Gasteiger partial charge in [-0.1, -0.05) is 31.5 Å². The molecule has 17 heavy (non-hydrogen) atoms. The van der Waals surface area contributed by atoms with Crippen molar-refractivity contribution < 1.29 is 9.53 Å². The van der Waals surface area contributed by atoms with Crippen LogP contribution < -0.4 is 16.0 Å². The van der Waals surface area contributed by atoms with E-state index in [4.69, 9.17) is 10.6 Å². The van der Waals surface area contributed by atoms with Gasteiger partial charge in [0.05, 0.1) is 0 Å². The zero-order chi connectivity index (χ0) is 12.8. The summed E-state index contributed by atoms with van der Waals surface area (Å²) in [5.41, 5.74) is 4.19. The molecule has 0 aliphatic rings. The minimum absolute atomic E-state index is 0.283. The molecule has 1 unspecified atom stereocenters. The second-order valence-electron chi connectivity index (χ2n) is 4.12. The Balaban J connectivity index is 2.89. The molecule has 3 N–H and O–H groups in total. The van der Waals surface area contributed by atoms with Gasteiger partial charge in [-0.25, -0.2) is 5.84 Å². The van der Waals surface area contributed by atoms with Crippen molar-refractivity contribution in [1.82, 2.24) is 5.43 Å². The Hall–Kier alpha value is -1.55. The topological polar surface area (TPSA) is 64.3 Å². The quantitative estimate of drug-likeness (QED) is 0.466. The molecular weight excluding hydrogens is 216 g/mol. The molecule has 0 aliphatic carbocycles. The average Bonchev–Trinajstić information content (AvgIpc) is 2.31. The van der Waals surface area contributed by atoms with Crippen molar-refractivity contribution >= 4 is 5.91 Å². The number of nitrogens with one attached hydrogen (secondary N) is 1. The maximum atomic E-state index is 11.6. The lowest BCUT2D eigenvalue weighted by Gasteiger charge is -2.19. The Morgan fingerprint density at radius 3 is 2.47 bits per heavy atom. The highest BCUT2D eigenvalue weighted by molar-refractivity contribution is 5.80. The molecule has 1 aromatic rings. The minimum atomic E-state index is -0.523. The van der Waals surface area contributed by atoms with E-state index in [0.717, 1.165) is 23.3 Å². The third-order valence-electron chi connectivity index (χ3n) is 2.65. The largest absolute Gasteiger partial charge is 0.480 e. The van der Waals surface area contributed by atoms with Crippen LogP contribution in [-0.2, 0) is 4.79 Å². The fourth-order valence-electron chi connectivity index (χ4n) is 1.73. The average molecular weight is 236 g/mol. The van der Waals surface area contributed by atoms with Gasteiger partial charge in [0.25, 0.3) is 5.91 Å². The Morgan fingerprint density at radius 1 is 1.41 bits per heavy atom. The molecule has 1 atom stereocenters. The van der Waals surface area contributed by atoms with E-state index in [2.05, 4.69) is 5.43 Å². The van der Waals surface area contributed by atoms with E-state index in [-0.39, 0.29) is 5.91 Å². The van der Waals surface area contributed by atoms with E-state index in [1.165, 1.54) is 0 Å². The Kier molecular flexibility index (Phi) is 4.97. The Labute approximate surface area is 102 Å². The molecule has 4 heteroatoms. The van der Waals surface area contributed by atoms with Gasteiger partial charge in [-0.3, -0.25) is 10.2 Å². The van der Waals surface area contributed by atoms with Crippen molar-refractivity contribution in [1.29, 1.82) is 0 Å². The number of hydrazine groups is 1. The molecule has 1 rings (SSSR count). The molecular formula is C13H20N2O2. The van der Waals surface area contributed by atoms with E-state index in [0.29, 0.717) is 6.42 Å². The highest BCUT2D eigenvalue weighted by atomic mass is 16.5. The lowest BCUT2D eigenvalue weighted by molar-refractivity contribution is -0.128. The third kappa shape index (κ3) is 3.46. The molecule has 0 saturated heterocycles. The number of rotatable bonds is 5. The van der Waals surface area contributed by atoms with Gasteiger partial charge in [-0.2, -0.15) is 0 Å². The highest BCUT2D eigenvalue weighted by Crippen LogP contribution is 2.24. The summed E-state index contributed by atoms with van der Waals surface area (Å²) >= 11 is 0. The zero-order valence-corrected chi connectivity index (χ0v) is 10.6. The SMILES string of the molecule is CCCC(Oc1c(C)cccc1C)C(=O)NN. The third-order valence-corrected chi connectivity index (χ3v) is 2.65. The minimum Gasteiger partial charge on any atom is -0.480 e. The van der Waals surface area contributed by atoms with Crippen LogP contribution in [-0.4, -0.2) is 12.0 Å². The van der Waals surface area contributed by atoms with Gasteiger partial charge >= 0.3 is 0 Å². The molecule has 0 fully saturated rings. The maximum Gasteiger partial charge on any atom is 0.274 e. The normalized spacial score (nSPS) is 12.0. The van der Waals surface area contributed by atoms with Crippen molar-refractivity contribution in [3.63, 3.8) is 0 Å². The van der Waals surface area contributed by atoms with E-state index in [1.54, 1.807) is 0 Å². The molecule has 4 nitrogen and oxygen atoms in total. The summed E-state index contributed by atoms with van der Waals surface area (Å²) in [6.07, 6.45) is 0.990. The molecule has 0 heterocycles. The maximum absolute atomic E-state index is 11.6. The standard InChI is InChI=1S/C13H20N2O2/c1-4-6-11(13(16)15-14)17-12-9(2)7-5-8-10(12)3/h5,7-8,11H,4,6,14H2,1-3H3,(H,15,16). The van der Waals surface area contributed by atoms with Crippen LogP contribution in [0.25, 0.3) is 0 Å². The molecule has 0 bridgehead atoms. The molecule has 0 aromatic heterocycles. The molecule has 1 aromatic carbocycles. The number of amides is 1. The van der Waals surface area contributed by atoms with Gasteiger partial charge < -0.3 is 4.74 Å². The summed E-state index contributed by atoms with van der Waals surface area (Å²) in [5.74, 6) is 5.64. The Morgan fingerprint density at radius 2 is 2.00 bits per heavy atom. The van der Waals surface area contributed by atoms with Gasteiger partial charge in [0.2, 0.25) is 0 Å². The smallest absolute Gasteiger partial charge is 0.274 e. The van der Waals surface area contributed by atoms with Crippen LogP contribution in [0.1, 0.15) is 30.9 Å². The number of aryl methyl sites for hydroxylation is 2. The zero-order valence-electron chi connectivity index (χ0n) is 10.6. The first kappa shape index (κ1) is 13.5. The molecule has 0 spiro atoms. The van der Waals surface area contributed by atoms with Gasteiger partial charge in [0, 0.05) is 0 Å². The molecule has 0 radical (unpaired) electrons. The first-order valence-electron chi connectivity index (χ1n) is 5.83. The molecule has 0 aliphatic heterocycles. The number of carbonyl (C=O) groups is 1. The van der Waals surface area contributed by atoms with E-state index in [1.807, 2.05) is 39.0 Å². The first-order chi connectivity index (χ1) is 8.10. The number of ether oxygens (including phenoxy) is 1. The Bertz CT molecular complexity index is 371. The number of para-hydroxylation sites is 1. The van der Waals surface area contributed by atoms with E-state index < -0.39 is 6.10 Å². The predicted molar refractivity (Wildman–Crippen MR) is 67.6 cm³/mol. The summed E-state index contributed by atoms with van der Waals surface area (Å²) in [5, 5.41) is 0. The van der Waals surface area contributed by atoms with E-state index in [9.17, 15) is 4.79 Å².